The Kier molecular flexibility index (Phi) is 5.12. The molecular formula is C19H33NO3. The molecule has 0 spiro atoms. The summed E-state index contributed by atoms with van der Waals surface area (Å²) in [6, 6.07) is 0.000625. The maximum atomic E-state index is 12.9. The Morgan fingerprint density at radius 2 is 1.91 bits per heavy atom. The largest absolute Gasteiger partial charge is 0.444 e. The average Bonchev–Trinajstić information content (AvgIpc) is 2.39. The summed E-state index contributed by atoms with van der Waals surface area (Å²) in [5.74, 6) is 0.849. The number of hydrogen-bond donors (Lipinski definition) is 0. The summed E-state index contributed by atoms with van der Waals surface area (Å²) in [6.45, 7) is 12.7. The molecule has 1 amide bonds. The van der Waals surface area contributed by atoms with E-state index in [4.69, 9.17) is 4.74 Å². The van der Waals surface area contributed by atoms with E-state index < -0.39 is 5.60 Å². The summed E-state index contributed by atoms with van der Waals surface area (Å²) in [7, 11) is 0. The molecule has 0 bridgehead atoms. The van der Waals surface area contributed by atoms with Gasteiger partial charge in [-0.15, -0.1) is 0 Å². The molecule has 0 N–H and O–H groups in total. The van der Waals surface area contributed by atoms with Crippen molar-refractivity contribution in [1.29, 1.82) is 0 Å². The molecule has 2 aliphatic rings. The second kappa shape index (κ2) is 6.45. The lowest BCUT2D eigenvalue weighted by atomic mass is 9.67. The van der Waals surface area contributed by atoms with Crippen molar-refractivity contribution in [2.45, 2.75) is 85.3 Å². The minimum absolute atomic E-state index is 0.000625. The molecule has 1 aliphatic carbocycles. The second-order valence-electron chi connectivity index (χ2n) is 9.12. The highest BCUT2D eigenvalue weighted by Gasteiger charge is 2.45. The minimum atomic E-state index is -0.499. The molecule has 1 saturated carbocycles. The number of Topliss-reactive ketones (excluding diaryl/α,β-unsaturated/α-hetero) is 1. The molecule has 0 aromatic carbocycles. The van der Waals surface area contributed by atoms with Gasteiger partial charge in [-0.05, 0) is 52.4 Å². The zero-order chi connectivity index (χ0) is 17.4. The minimum Gasteiger partial charge on any atom is -0.444 e. The van der Waals surface area contributed by atoms with E-state index >= 15 is 0 Å². The molecule has 1 heterocycles. The number of ether oxygens (including phenoxy) is 1. The molecule has 23 heavy (non-hydrogen) atoms. The van der Waals surface area contributed by atoms with Gasteiger partial charge in [0.05, 0.1) is 0 Å². The summed E-state index contributed by atoms with van der Waals surface area (Å²) >= 11 is 0. The van der Waals surface area contributed by atoms with Crippen LogP contribution in [0, 0.1) is 17.3 Å². The highest BCUT2D eigenvalue weighted by molar-refractivity contribution is 5.88. The summed E-state index contributed by atoms with van der Waals surface area (Å²) in [6.07, 6.45) is 4.56. The molecule has 0 aromatic rings. The van der Waals surface area contributed by atoms with Crippen LogP contribution in [0.3, 0.4) is 0 Å². The van der Waals surface area contributed by atoms with Crippen LogP contribution in [-0.4, -0.2) is 35.0 Å². The number of rotatable bonds is 1. The summed E-state index contributed by atoms with van der Waals surface area (Å²) in [5.41, 5.74) is -0.760. The Labute approximate surface area is 140 Å². The summed E-state index contributed by atoms with van der Waals surface area (Å²) in [4.78, 5) is 27.4. The van der Waals surface area contributed by atoms with Gasteiger partial charge in [-0.2, -0.15) is 0 Å². The summed E-state index contributed by atoms with van der Waals surface area (Å²) < 4.78 is 5.60. The first-order valence-corrected chi connectivity index (χ1v) is 9.05. The van der Waals surface area contributed by atoms with Crippen molar-refractivity contribution < 1.29 is 14.3 Å². The van der Waals surface area contributed by atoms with Crippen molar-refractivity contribution in [3.8, 4) is 0 Å². The van der Waals surface area contributed by atoms with E-state index in [2.05, 4.69) is 6.92 Å². The van der Waals surface area contributed by atoms with E-state index in [0.29, 0.717) is 18.2 Å². The highest BCUT2D eigenvalue weighted by atomic mass is 16.6. The molecule has 0 aromatic heterocycles. The van der Waals surface area contributed by atoms with Crippen LogP contribution in [0.4, 0.5) is 4.79 Å². The fraction of sp³-hybridized carbons (Fsp3) is 0.895. The number of likely N-dealkylation sites (tertiary alicyclic amines) is 1. The van der Waals surface area contributed by atoms with E-state index in [1.54, 1.807) is 0 Å². The Hall–Kier alpha value is -1.06. The molecule has 1 saturated heterocycles. The Morgan fingerprint density at radius 3 is 2.52 bits per heavy atom. The van der Waals surface area contributed by atoms with Gasteiger partial charge in [0.15, 0.2) is 0 Å². The SMILES string of the molecule is CC1CCN(C(=O)OC(C)(C)C)C(C2CCCC(C)(C)C2=O)C1. The van der Waals surface area contributed by atoms with Gasteiger partial charge in [-0.1, -0.05) is 27.2 Å². The normalized spacial score (nSPS) is 31.8. The standard InChI is InChI=1S/C19H33NO3/c1-13-9-11-20(17(22)23-18(2,3)4)15(12-13)14-8-7-10-19(5,6)16(14)21/h13-15H,7-12H2,1-6H3. The Bertz CT molecular complexity index is 464. The number of amides is 1. The van der Waals surface area contributed by atoms with Gasteiger partial charge < -0.3 is 9.64 Å². The number of hydrogen-bond acceptors (Lipinski definition) is 3. The van der Waals surface area contributed by atoms with Crippen molar-refractivity contribution in [2.24, 2.45) is 17.3 Å². The van der Waals surface area contributed by atoms with Gasteiger partial charge in [0.1, 0.15) is 11.4 Å². The maximum Gasteiger partial charge on any atom is 0.410 e. The van der Waals surface area contributed by atoms with Gasteiger partial charge >= 0.3 is 6.09 Å². The van der Waals surface area contributed by atoms with E-state index in [0.717, 1.165) is 32.1 Å². The quantitative estimate of drug-likeness (QED) is 0.717. The third kappa shape index (κ3) is 4.27. The molecule has 3 unspecified atom stereocenters. The van der Waals surface area contributed by atoms with Crippen LogP contribution < -0.4 is 0 Å². The highest BCUT2D eigenvalue weighted by Crippen LogP contribution is 2.41. The van der Waals surface area contributed by atoms with Gasteiger partial charge in [0.25, 0.3) is 0 Å². The molecule has 2 rings (SSSR count). The van der Waals surface area contributed by atoms with Crippen molar-refractivity contribution in [3.63, 3.8) is 0 Å². The van der Waals surface area contributed by atoms with Crippen LogP contribution in [0.25, 0.3) is 0 Å². The van der Waals surface area contributed by atoms with Gasteiger partial charge in [-0.3, -0.25) is 4.79 Å². The Balaban J connectivity index is 2.20. The first-order chi connectivity index (χ1) is 10.5. The van der Waals surface area contributed by atoms with Crippen molar-refractivity contribution in [1.82, 2.24) is 4.90 Å². The molecular weight excluding hydrogens is 290 g/mol. The molecule has 0 radical (unpaired) electrons. The zero-order valence-corrected chi connectivity index (χ0v) is 15.6. The van der Waals surface area contributed by atoms with E-state index in [1.165, 1.54) is 0 Å². The first-order valence-electron chi connectivity index (χ1n) is 9.05. The van der Waals surface area contributed by atoms with Gasteiger partial charge in [0, 0.05) is 23.9 Å². The molecule has 4 heteroatoms. The number of nitrogens with zero attached hydrogens (tertiary/aromatic N) is 1. The lowest BCUT2D eigenvalue weighted by molar-refractivity contribution is -0.137. The second-order valence-corrected chi connectivity index (χ2v) is 9.12. The lowest BCUT2D eigenvalue weighted by Crippen LogP contribution is -2.54. The molecule has 4 nitrogen and oxygen atoms in total. The van der Waals surface area contributed by atoms with Crippen LogP contribution in [-0.2, 0) is 9.53 Å². The topological polar surface area (TPSA) is 46.6 Å². The van der Waals surface area contributed by atoms with E-state index in [9.17, 15) is 9.59 Å². The molecule has 132 valence electrons. The molecule has 2 fully saturated rings. The third-order valence-electron chi connectivity index (χ3n) is 5.32. The lowest BCUT2D eigenvalue weighted by Gasteiger charge is -2.45. The number of carbonyl (C=O) groups is 2. The van der Waals surface area contributed by atoms with Crippen molar-refractivity contribution in [3.05, 3.63) is 0 Å². The number of carbonyl (C=O) groups excluding carboxylic acids is 2. The first kappa shape index (κ1) is 18.3. The van der Waals surface area contributed by atoms with Crippen LogP contribution in [0.1, 0.15) is 73.6 Å². The van der Waals surface area contributed by atoms with Crippen molar-refractivity contribution in [2.75, 3.05) is 6.54 Å². The average molecular weight is 323 g/mol. The smallest absolute Gasteiger partial charge is 0.410 e. The van der Waals surface area contributed by atoms with Crippen LogP contribution >= 0.6 is 0 Å². The fourth-order valence-electron chi connectivity index (χ4n) is 4.00. The van der Waals surface area contributed by atoms with Crippen molar-refractivity contribution >= 4 is 11.9 Å². The maximum absolute atomic E-state index is 12.9. The monoisotopic (exact) mass is 323 g/mol. The van der Waals surface area contributed by atoms with Crippen LogP contribution in [0.15, 0.2) is 0 Å². The summed E-state index contributed by atoms with van der Waals surface area (Å²) in [5, 5.41) is 0. The molecule has 3 atom stereocenters. The molecule has 1 aliphatic heterocycles. The zero-order valence-electron chi connectivity index (χ0n) is 15.6. The van der Waals surface area contributed by atoms with E-state index in [-0.39, 0.29) is 23.5 Å². The van der Waals surface area contributed by atoms with E-state index in [1.807, 2.05) is 39.5 Å². The number of piperidine rings is 1. The van der Waals surface area contributed by atoms with Gasteiger partial charge in [-0.25, -0.2) is 4.79 Å². The predicted molar refractivity (Wildman–Crippen MR) is 91.3 cm³/mol. The Morgan fingerprint density at radius 1 is 1.26 bits per heavy atom. The van der Waals surface area contributed by atoms with Crippen LogP contribution in [0.5, 0.6) is 0 Å². The number of ketones is 1. The van der Waals surface area contributed by atoms with Gasteiger partial charge in [0.2, 0.25) is 0 Å². The predicted octanol–water partition coefficient (Wildman–Crippen LogP) is 4.42. The fourth-order valence-corrected chi connectivity index (χ4v) is 4.00. The third-order valence-corrected chi connectivity index (χ3v) is 5.32. The van der Waals surface area contributed by atoms with Crippen LogP contribution in [0.2, 0.25) is 0 Å².